The highest BCUT2D eigenvalue weighted by Crippen LogP contribution is 2.32. The maximum absolute atomic E-state index is 13.1. The molecule has 4 N–H and O–H groups in total. The Morgan fingerprint density at radius 3 is 1.71 bits per heavy atom. The number of nitrogens with zero attached hydrogens (tertiary/aromatic N) is 3. The van der Waals surface area contributed by atoms with E-state index in [1.54, 1.807) is 0 Å². The van der Waals surface area contributed by atoms with Crippen LogP contribution in [0.5, 0.6) is 0 Å². The lowest BCUT2D eigenvalue weighted by molar-refractivity contribution is -0.138. The first-order valence-electron chi connectivity index (χ1n) is 10.7. The van der Waals surface area contributed by atoms with E-state index in [0.29, 0.717) is 6.54 Å². The maximum atomic E-state index is 13.1. The number of piperidine rings is 1. The van der Waals surface area contributed by atoms with E-state index in [0.717, 1.165) is 43.7 Å². The highest BCUT2D eigenvalue weighted by molar-refractivity contribution is 5.60. The van der Waals surface area contributed by atoms with Crippen LogP contribution < -0.4 is 21.3 Å². The molecular weight excluding hydrogens is 476 g/mol. The monoisotopic (exact) mass is 497 g/mol. The molecule has 3 aromatic rings. The average Bonchev–Trinajstić information content (AvgIpc) is 2.79. The second kappa shape index (κ2) is 9.94. The van der Waals surface area contributed by atoms with Crippen LogP contribution in [0.15, 0.2) is 48.5 Å². The molecule has 1 unspecified atom stereocenters. The van der Waals surface area contributed by atoms with Gasteiger partial charge in [0, 0.05) is 24.0 Å². The molecule has 2 aromatic carbocycles. The molecule has 13 heteroatoms. The molecule has 0 bridgehead atoms. The van der Waals surface area contributed by atoms with Gasteiger partial charge in [-0.25, -0.2) is 0 Å². The Kier molecular flexibility index (Phi) is 6.96. The summed E-state index contributed by atoms with van der Waals surface area (Å²) in [5.74, 6) is -0.0437. The highest BCUT2D eigenvalue weighted by atomic mass is 19.4. The minimum atomic E-state index is -4.53. The first kappa shape index (κ1) is 24.5. The molecule has 186 valence electrons. The summed E-state index contributed by atoms with van der Waals surface area (Å²) in [5, 5.41) is 11.8. The van der Waals surface area contributed by atoms with E-state index in [9.17, 15) is 26.3 Å². The number of nitrogens with one attached hydrogen (secondary N) is 4. The second-order valence-electron chi connectivity index (χ2n) is 7.90. The fourth-order valence-corrected chi connectivity index (χ4v) is 3.51. The van der Waals surface area contributed by atoms with Crippen LogP contribution in [-0.2, 0) is 12.4 Å². The number of anilines is 5. The van der Waals surface area contributed by atoms with E-state index >= 15 is 0 Å². The van der Waals surface area contributed by atoms with Gasteiger partial charge in [-0.15, -0.1) is 0 Å². The largest absolute Gasteiger partial charge is 0.416 e. The molecule has 1 atom stereocenters. The molecule has 0 spiro atoms. The molecule has 1 fully saturated rings. The molecular formula is C22H21F6N7. The molecule has 1 aromatic heterocycles. The fraction of sp³-hybridized carbons (Fsp3) is 0.318. The first-order chi connectivity index (χ1) is 16.6. The normalized spacial score (nSPS) is 16.6. The number of halogens is 6. The van der Waals surface area contributed by atoms with Gasteiger partial charge in [-0.3, -0.25) is 0 Å². The van der Waals surface area contributed by atoms with Gasteiger partial charge in [-0.05, 0) is 55.8 Å². The van der Waals surface area contributed by atoms with E-state index in [1.165, 1.54) is 24.3 Å². The zero-order valence-electron chi connectivity index (χ0n) is 18.1. The Labute approximate surface area is 196 Å². The van der Waals surface area contributed by atoms with Crippen LogP contribution in [0.3, 0.4) is 0 Å². The lowest BCUT2D eigenvalue weighted by Gasteiger charge is -2.24. The smallest absolute Gasteiger partial charge is 0.350 e. The molecule has 0 amide bonds. The third-order valence-electron chi connectivity index (χ3n) is 5.16. The van der Waals surface area contributed by atoms with E-state index in [2.05, 4.69) is 36.2 Å². The molecule has 2 heterocycles. The van der Waals surface area contributed by atoms with Crippen molar-refractivity contribution in [3.63, 3.8) is 0 Å². The van der Waals surface area contributed by atoms with E-state index in [4.69, 9.17) is 0 Å². The highest BCUT2D eigenvalue weighted by Gasteiger charge is 2.31. The third-order valence-corrected chi connectivity index (χ3v) is 5.16. The molecule has 0 radical (unpaired) electrons. The summed E-state index contributed by atoms with van der Waals surface area (Å²) in [6, 6.07) is 8.97. The van der Waals surface area contributed by atoms with E-state index in [1.807, 2.05) is 0 Å². The minimum Gasteiger partial charge on any atom is -0.350 e. The summed E-state index contributed by atoms with van der Waals surface area (Å²) in [4.78, 5) is 12.6. The Balaban J connectivity index is 1.63. The average molecular weight is 497 g/mol. The van der Waals surface area contributed by atoms with Crippen LogP contribution >= 0.6 is 0 Å². The van der Waals surface area contributed by atoms with Crippen LogP contribution in [0.2, 0.25) is 0 Å². The van der Waals surface area contributed by atoms with Gasteiger partial charge in [-0.1, -0.05) is 12.1 Å². The van der Waals surface area contributed by atoms with Crippen LogP contribution in [0.4, 0.5) is 55.6 Å². The molecule has 7 nitrogen and oxygen atoms in total. The number of benzene rings is 2. The van der Waals surface area contributed by atoms with Gasteiger partial charge in [0.05, 0.1) is 11.1 Å². The second-order valence-corrected chi connectivity index (χ2v) is 7.90. The maximum Gasteiger partial charge on any atom is 0.416 e. The predicted octanol–water partition coefficient (Wildman–Crippen LogP) is 5.56. The third kappa shape index (κ3) is 6.72. The Hall–Kier alpha value is -3.61. The van der Waals surface area contributed by atoms with E-state index < -0.39 is 23.5 Å². The predicted molar refractivity (Wildman–Crippen MR) is 119 cm³/mol. The zero-order chi connectivity index (χ0) is 25.1. The quantitative estimate of drug-likeness (QED) is 0.332. The Bertz CT molecular complexity index is 1080. The van der Waals surface area contributed by atoms with Crippen molar-refractivity contribution in [3.8, 4) is 0 Å². The summed E-state index contributed by atoms with van der Waals surface area (Å²) in [6.07, 6.45) is -7.31. The number of hydrogen-bond acceptors (Lipinski definition) is 7. The van der Waals surface area contributed by atoms with Crippen molar-refractivity contribution < 1.29 is 26.3 Å². The molecule has 1 saturated heterocycles. The summed E-state index contributed by atoms with van der Waals surface area (Å²) >= 11 is 0. The van der Waals surface area contributed by atoms with Gasteiger partial charge >= 0.3 is 12.4 Å². The molecule has 0 saturated carbocycles. The van der Waals surface area contributed by atoms with Crippen molar-refractivity contribution in [3.05, 3.63) is 59.7 Å². The van der Waals surface area contributed by atoms with Gasteiger partial charge in [0.1, 0.15) is 0 Å². The molecule has 1 aliphatic heterocycles. The molecule has 0 aliphatic carbocycles. The molecule has 35 heavy (non-hydrogen) atoms. The van der Waals surface area contributed by atoms with Crippen LogP contribution in [0.25, 0.3) is 0 Å². The lowest BCUT2D eigenvalue weighted by atomic mass is 10.1. The van der Waals surface area contributed by atoms with E-state index in [-0.39, 0.29) is 35.3 Å². The van der Waals surface area contributed by atoms with Gasteiger partial charge in [0.25, 0.3) is 0 Å². The molecule has 1 aliphatic rings. The van der Waals surface area contributed by atoms with Gasteiger partial charge in [0.15, 0.2) is 0 Å². The van der Waals surface area contributed by atoms with Gasteiger partial charge < -0.3 is 21.3 Å². The zero-order valence-corrected chi connectivity index (χ0v) is 18.1. The summed E-state index contributed by atoms with van der Waals surface area (Å²) < 4.78 is 78.5. The summed E-state index contributed by atoms with van der Waals surface area (Å²) in [5.41, 5.74) is -1.54. The van der Waals surface area contributed by atoms with Gasteiger partial charge in [-0.2, -0.15) is 41.3 Å². The first-order valence-corrected chi connectivity index (χ1v) is 10.7. The van der Waals surface area contributed by atoms with Crippen molar-refractivity contribution in [2.24, 2.45) is 0 Å². The van der Waals surface area contributed by atoms with Crippen molar-refractivity contribution in [2.75, 3.05) is 29.0 Å². The summed E-state index contributed by atoms with van der Waals surface area (Å²) in [6.45, 7) is 1.53. The topological polar surface area (TPSA) is 86.8 Å². The Morgan fingerprint density at radius 2 is 1.26 bits per heavy atom. The summed E-state index contributed by atoms with van der Waals surface area (Å²) in [7, 11) is 0. The standard InChI is InChI=1S/C22H21F6N7/c23-21(24,25)13-4-1-6-15(10-13)30-18-33-19(31-16-7-2-5-14(11-16)22(26,27)28)35-20(34-18)32-17-8-3-9-29-12-17/h1-2,4-7,10-11,17,29H,3,8-9,12H2,(H3,30,31,32,33,34,35). The van der Waals surface area contributed by atoms with Crippen molar-refractivity contribution >= 4 is 29.2 Å². The number of aromatic nitrogens is 3. The fourth-order valence-electron chi connectivity index (χ4n) is 3.51. The number of rotatable bonds is 6. The minimum absolute atomic E-state index is 0.00559. The number of alkyl halides is 6. The van der Waals surface area contributed by atoms with Crippen LogP contribution in [0, 0.1) is 0 Å². The number of hydrogen-bond donors (Lipinski definition) is 4. The van der Waals surface area contributed by atoms with Crippen LogP contribution in [-0.4, -0.2) is 34.1 Å². The van der Waals surface area contributed by atoms with Gasteiger partial charge in [0.2, 0.25) is 17.8 Å². The van der Waals surface area contributed by atoms with Crippen molar-refractivity contribution in [1.29, 1.82) is 0 Å². The van der Waals surface area contributed by atoms with Crippen molar-refractivity contribution in [1.82, 2.24) is 20.3 Å². The lowest BCUT2D eigenvalue weighted by Crippen LogP contribution is -2.38. The SMILES string of the molecule is FC(F)(F)c1cccc(Nc2nc(Nc3cccc(C(F)(F)F)c3)nc(NC3CCCNC3)n2)c1. The van der Waals surface area contributed by atoms with Crippen molar-refractivity contribution in [2.45, 2.75) is 31.2 Å². The molecule has 4 rings (SSSR count). The Morgan fingerprint density at radius 1 is 0.743 bits per heavy atom. The van der Waals surface area contributed by atoms with Crippen LogP contribution in [0.1, 0.15) is 24.0 Å².